The normalized spacial score (nSPS) is 20.4. The Morgan fingerprint density at radius 1 is 1.06 bits per heavy atom. The minimum Gasteiger partial charge on any atom is -0.493 e. The van der Waals surface area contributed by atoms with E-state index >= 15 is 0 Å². The lowest BCUT2D eigenvalue weighted by atomic mass is 9.93. The summed E-state index contributed by atoms with van der Waals surface area (Å²) in [6, 6.07) is 15.6. The number of benzene rings is 2. The SMILES string of the molecule is COc1ccc(CN2C(=O)c3cc4ccccc4n3CC2(C)C(=O)NC2CCCC2)cc1OC. The first kappa shape index (κ1) is 22.3. The van der Waals surface area contributed by atoms with Crippen molar-refractivity contribution in [3.05, 3.63) is 59.8 Å². The van der Waals surface area contributed by atoms with Crippen LogP contribution in [-0.4, -0.2) is 47.1 Å². The second-order valence-corrected chi connectivity index (χ2v) is 9.48. The van der Waals surface area contributed by atoms with Crippen LogP contribution in [0, 0.1) is 0 Å². The van der Waals surface area contributed by atoms with Crippen LogP contribution in [0.2, 0.25) is 0 Å². The molecule has 7 nitrogen and oxygen atoms in total. The predicted octanol–water partition coefficient (Wildman–Crippen LogP) is 4.13. The van der Waals surface area contributed by atoms with Crippen LogP contribution in [0.15, 0.2) is 48.5 Å². The molecule has 1 aliphatic carbocycles. The van der Waals surface area contributed by atoms with E-state index in [9.17, 15) is 9.59 Å². The molecule has 2 amide bonds. The fourth-order valence-corrected chi connectivity index (χ4v) is 5.33. The minimum absolute atomic E-state index is 0.100. The fraction of sp³-hybridized carbons (Fsp3) is 0.407. The van der Waals surface area contributed by atoms with E-state index in [0.29, 0.717) is 23.7 Å². The second kappa shape index (κ2) is 8.70. The molecule has 1 aliphatic heterocycles. The molecule has 0 saturated heterocycles. The molecule has 3 aromatic rings. The average Bonchev–Trinajstić information content (AvgIpc) is 3.49. The number of para-hydroxylation sites is 1. The molecular weight excluding hydrogens is 430 g/mol. The van der Waals surface area contributed by atoms with Crippen molar-refractivity contribution >= 4 is 22.7 Å². The second-order valence-electron chi connectivity index (χ2n) is 9.48. The molecule has 2 heterocycles. The first-order valence-electron chi connectivity index (χ1n) is 11.9. The van der Waals surface area contributed by atoms with Crippen LogP contribution in [-0.2, 0) is 17.9 Å². The topological polar surface area (TPSA) is 72.8 Å². The number of amides is 2. The van der Waals surface area contributed by atoms with Gasteiger partial charge in [-0.15, -0.1) is 0 Å². The van der Waals surface area contributed by atoms with Crippen LogP contribution >= 0.6 is 0 Å². The summed E-state index contributed by atoms with van der Waals surface area (Å²) in [5.41, 5.74) is 1.40. The third-order valence-electron chi connectivity index (χ3n) is 7.30. The lowest BCUT2D eigenvalue weighted by Crippen LogP contribution is -2.64. The molecule has 2 aromatic carbocycles. The molecular formula is C27H31N3O4. The standard InChI is InChI=1S/C27H31N3O4/c1-27(26(32)28-20-9-5-6-10-20)17-29-21-11-7-4-8-19(21)15-22(29)25(31)30(27)16-18-12-13-23(33-2)24(14-18)34-3/h4,7-8,11-15,20H,5-6,9-10,16-17H2,1-3H3,(H,28,32). The number of rotatable bonds is 6. The van der Waals surface area contributed by atoms with Gasteiger partial charge < -0.3 is 24.3 Å². The number of methoxy groups -OCH3 is 2. The van der Waals surface area contributed by atoms with E-state index in [1.54, 1.807) is 19.1 Å². The summed E-state index contributed by atoms with van der Waals surface area (Å²) < 4.78 is 12.8. The quantitative estimate of drug-likeness (QED) is 0.599. The molecule has 0 bridgehead atoms. The van der Waals surface area contributed by atoms with Gasteiger partial charge in [-0.3, -0.25) is 9.59 Å². The lowest BCUT2D eigenvalue weighted by Gasteiger charge is -2.44. The smallest absolute Gasteiger partial charge is 0.271 e. The van der Waals surface area contributed by atoms with Crippen molar-refractivity contribution in [3.8, 4) is 11.5 Å². The highest BCUT2D eigenvalue weighted by Crippen LogP contribution is 2.35. The van der Waals surface area contributed by atoms with Gasteiger partial charge in [0.2, 0.25) is 5.91 Å². The van der Waals surface area contributed by atoms with E-state index in [4.69, 9.17) is 9.47 Å². The van der Waals surface area contributed by atoms with Crippen LogP contribution < -0.4 is 14.8 Å². The highest BCUT2D eigenvalue weighted by atomic mass is 16.5. The van der Waals surface area contributed by atoms with E-state index in [-0.39, 0.29) is 24.4 Å². The number of hydrogen-bond acceptors (Lipinski definition) is 4. The van der Waals surface area contributed by atoms with Crippen molar-refractivity contribution in [1.29, 1.82) is 0 Å². The molecule has 1 saturated carbocycles. The monoisotopic (exact) mass is 461 g/mol. The Hall–Kier alpha value is -3.48. The Morgan fingerprint density at radius 2 is 1.79 bits per heavy atom. The predicted molar refractivity (Wildman–Crippen MR) is 130 cm³/mol. The number of carbonyl (C=O) groups excluding carboxylic acids is 2. The van der Waals surface area contributed by atoms with Gasteiger partial charge in [-0.1, -0.05) is 37.1 Å². The maximum atomic E-state index is 13.9. The van der Waals surface area contributed by atoms with Gasteiger partial charge in [0, 0.05) is 23.5 Å². The van der Waals surface area contributed by atoms with Crippen molar-refractivity contribution in [2.45, 2.75) is 57.3 Å². The zero-order chi connectivity index (χ0) is 23.9. The fourth-order valence-electron chi connectivity index (χ4n) is 5.33. The molecule has 178 valence electrons. The molecule has 1 fully saturated rings. The maximum absolute atomic E-state index is 13.9. The van der Waals surface area contributed by atoms with Crippen LogP contribution in [0.3, 0.4) is 0 Å². The van der Waals surface area contributed by atoms with Crippen LogP contribution in [0.4, 0.5) is 0 Å². The molecule has 1 unspecified atom stereocenters. The van der Waals surface area contributed by atoms with Gasteiger partial charge >= 0.3 is 0 Å². The van der Waals surface area contributed by atoms with E-state index in [1.807, 2.05) is 60.0 Å². The third kappa shape index (κ3) is 3.69. The lowest BCUT2D eigenvalue weighted by molar-refractivity contribution is -0.133. The summed E-state index contributed by atoms with van der Waals surface area (Å²) >= 11 is 0. The van der Waals surface area contributed by atoms with Gasteiger partial charge in [-0.05, 0) is 49.6 Å². The van der Waals surface area contributed by atoms with Crippen molar-refractivity contribution in [3.63, 3.8) is 0 Å². The zero-order valence-electron chi connectivity index (χ0n) is 20.0. The van der Waals surface area contributed by atoms with Crippen molar-refractivity contribution in [1.82, 2.24) is 14.8 Å². The Kier molecular flexibility index (Phi) is 5.71. The summed E-state index contributed by atoms with van der Waals surface area (Å²) in [7, 11) is 3.18. The summed E-state index contributed by atoms with van der Waals surface area (Å²) in [5, 5.41) is 4.24. The number of hydrogen-bond donors (Lipinski definition) is 1. The largest absolute Gasteiger partial charge is 0.493 e. The molecule has 0 spiro atoms. The summed E-state index contributed by atoms with van der Waals surface area (Å²) in [5.74, 6) is 0.965. The van der Waals surface area contributed by atoms with Crippen LogP contribution in [0.1, 0.15) is 48.7 Å². The number of carbonyl (C=O) groups is 2. The summed E-state index contributed by atoms with van der Waals surface area (Å²) in [4.78, 5) is 29.4. The number of aromatic nitrogens is 1. The van der Waals surface area contributed by atoms with Gasteiger partial charge in [0.05, 0.1) is 20.8 Å². The molecule has 1 aromatic heterocycles. The Balaban J connectivity index is 1.56. The summed E-state index contributed by atoms with van der Waals surface area (Å²) in [6.45, 7) is 2.57. The van der Waals surface area contributed by atoms with E-state index in [2.05, 4.69) is 5.32 Å². The summed E-state index contributed by atoms with van der Waals surface area (Å²) in [6.07, 6.45) is 4.23. The number of nitrogens with zero attached hydrogens (tertiary/aromatic N) is 2. The number of fused-ring (bicyclic) bond motifs is 3. The van der Waals surface area contributed by atoms with Gasteiger partial charge in [0.1, 0.15) is 11.2 Å². The highest BCUT2D eigenvalue weighted by Gasteiger charge is 2.48. The average molecular weight is 462 g/mol. The highest BCUT2D eigenvalue weighted by molar-refractivity contribution is 6.03. The van der Waals surface area contributed by atoms with Crippen LogP contribution in [0.25, 0.3) is 10.9 Å². The molecule has 2 aliphatic rings. The zero-order valence-corrected chi connectivity index (χ0v) is 20.0. The Morgan fingerprint density at radius 3 is 2.53 bits per heavy atom. The Bertz CT molecular complexity index is 1240. The molecule has 5 rings (SSSR count). The van der Waals surface area contributed by atoms with Gasteiger partial charge in [-0.25, -0.2) is 0 Å². The molecule has 1 atom stereocenters. The van der Waals surface area contributed by atoms with E-state index < -0.39 is 5.54 Å². The van der Waals surface area contributed by atoms with Gasteiger partial charge in [0.15, 0.2) is 11.5 Å². The molecule has 7 heteroatoms. The Labute approximate surface area is 199 Å². The van der Waals surface area contributed by atoms with Crippen molar-refractivity contribution < 1.29 is 19.1 Å². The third-order valence-corrected chi connectivity index (χ3v) is 7.30. The van der Waals surface area contributed by atoms with Gasteiger partial charge in [0.25, 0.3) is 5.91 Å². The van der Waals surface area contributed by atoms with Crippen LogP contribution in [0.5, 0.6) is 11.5 Å². The molecule has 1 N–H and O–H groups in total. The number of ether oxygens (including phenoxy) is 2. The first-order chi connectivity index (χ1) is 16.4. The van der Waals surface area contributed by atoms with Crippen molar-refractivity contribution in [2.24, 2.45) is 0 Å². The molecule has 34 heavy (non-hydrogen) atoms. The maximum Gasteiger partial charge on any atom is 0.271 e. The number of nitrogens with one attached hydrogen (secondary N) is 1. The van der Waals surface area contributed by atoms with E-state index in [1.165, 1.54) is 0 Å². The first-order valence-corrected chi connectivity index (χ1v) is 11.9. The van der Waals surface area contributed by atoms with E-state index in [0.717, 1.165) is 42.1 Å². The van der Waals surface area contributed by atoms with Gasteiger partial charge in [-0.2, -0.15) is 0 Å². The minimum atomic E-state index is -1.04. The van der Waals surface area contributed by atoms with Crippen molar-refractivity contribution in [2.75, 3.05) is 14.2 Å². The molecule has 0 radical (unpaired) electrons.